The van der Waals surface area contributed by atoms with Crippen molar-refractivity contribution in [2.45, 2.75) is 6.18 Å². The van der Waals surface area contributed by atoms with E-state index in [9.17, 15) is 17.6 Å². The largest absolute Gasteiger partial charge is 0.416 e. The lowest BCUT2D eigenvalue weighted by Crippen LogP contribution is -2.05. The maximum atomic E-state index is 12.7. The van der Waals surface area contributed by atoms with Gasteiger partial charge < -0.3 is 0 Å². The van der Waals surface area contributed by atoms with Crippen LogP contribution >= 0.6 is 0 Å². The first-order chi connectivity index (χ1) is 6.93. The van der Waals surface area contributed by atoms with Gasteiger partial charge in [-0.15, -0.1) is 0 Å². The van der Waals surface area contributed by atoms with Crippen molar-refractivity contribution in [3.05, 3.63) is 35.1 Å². The summed E-state index contributed by atoms with van der Waals surface area (Å²) in [6, 6.07) is 3.32. The molecule has 0 fully saturated rings. The number of nitriles is 1. The van der Waals surface area contributed by atoms with Crippen LogP contribution in [0.3, 0.4) is 0 Å². The van der Waals surface area contributed by atoms with Crippen molar-refractivity contribution >= 4 is 0 Å². The van der Waals surface area contributed by atoms with E-state index in [1.807, 2.05) is 5.92 Å². The maximum Gasteiger partial charge on any atom is 0.416 e. The summed E-state index contributed by atoms with van der Waals surface area (Å²) in [7, 11) is 0. The van der Waals surface area contributed by atoms with Crippen molar-refractivity contribution in [1.82, 2.24) is 0 Å². The number of hydrogen-bond donors (Lipinski definition) is 0. The fourth-order valence-electron chi connectivity index (χ4n) is 0.926. The number of nitrogens with zero attached hydrogens (tertiary/aromatic N) is 1. The Morgan fingerprint density at radius 3 is 2.33 bits per heavy atom. The lowest BCUT2D eigenvalue weighted by Gasteiger charge is -2.06. The van der Waals surface area contributed by atoms with E-state index in [2.05, 4.69) is 5.92 Å². The zero-order chi connectivity index (χ0) is 11.5. The second-order valence-corrected chi connectivity index (χ2v) is 2.59. The van der Waals surface area contributed by atoms with E-state index >= 15 is 0 Å². The van der Waals surface area contributed by atoms with Gasteiger partial charge in [0.2, 0.25) is 0 Å². The topological polar surface area (TPSA) is 23.8 Å². The number of alkyl halides is 3. The zero-order valence-corrected chi connectivity index (χ0v) is 7.19. The lowest BCUT2D eigenvalue weighted by atomic mass is 10.1. The Bertz CT molecular complexity index is 471. The first kappa shape index (κ1) is 11.1. The summed E-state index contributed by atoms with van der Waals surface area (Å²) in [5.41, 5.74) is -1.30. The fraction of sp³-hybridized carbons (Fsp3) is 0.100. The summed E-state index contributed by atoms with van der Waals surface area (Å²) < 4.78 is 49.3. The van der Waals surface area contributed by atoms with Crippen LogP contribution in [-0.2, 0) is 6.18 Å². The van der Waals surface area contributed by atoms with Gasteiger partial charge in [0.05, 0.1) is 5.56 Å². The monoisotopic (exact) mass is 213 g/mol. The zero-order valence-electron chi connectivity index (χ0n) is 7.19. The van der Waals surface area contributed by atoms with Gasteiger partial charge in [0.25, 0.3) is 0 Å². The van der Waals surface area contributed by atoms with Crippen LogP contribution in [0, 0.1) is 29.0 Å². The molecule has 1 aromatic carbocycles. The Morgan fingerprint density at radius 2 is 1.80 bits per heavy atom. The van der Waals surface area contributed by atoms with Gasteiger partial charge in [-0.3, -0.25) is 0 Å². The van der Waals surface area contributed by atoms with Crippen molar-refractivity contribution in [2.75, 3.05) is 0 Å². The molecule has 0 saturated heterocycles. The molecule has 5 heteroatoms. The highest BCUT2D eigenvalue weighted by atomic mass is 19.4. The molecule has 0 aromatic heterocycles. The van der Waals surface area contributed by atoms with E-state index < -0.39 is 17.6 Å². The Hall–Kier alpha value is -2.01. The molecule has 0 saturated carbocycles. The molecule has 0 N–H and O–H groups in total. The molecular formula is C10H3F4N. The molecule has 0 spiro atoms. The van der Waals surface area contributed by atoms with Gasteiger partial charge in [-0.1, -0.05) is 5.92 Å². The molecule has 0 radical (unpaired) electrons. The second-order valence-electron chi connectivity index (χ2n) is 2.59. The van der Waals surface area contributed by atoms with Crippen LogP contribution in [0.2, 0.25) is 0 Å². The Morgan fingerprint density at radius 1 is 1.13 bits per heavy atom. The molecule has 1 rings (SSSR count). The summed E-state index contributed by atoms with van der Waals surface area (Å²) >= 11 is 0. The van der Waals surface area contributed by atoms with Crippen LogP contribution < -0.4 is 0 Å². The van der Waals surface area contributed by atoms with Crippen LogP contribution in [0.4, 0.5) is 17.6 Å². The van der Waals surface area contributed by atoms with Gasteiger partial charge in [0.15, 0.2) is 6.07 Å². The quantitative estimate of drug-likeness (QED) is 0.480. The molecule has 76 valence electrons. The molecule has 0 unspecified atom stereocenters. The Kier molecular flexibility index (Phi) is 2.96. The molecule has 0 bridgehead atoms. The summed E-state index contributed by atoms with van der Waals surface area (Å²) in [5, 5.41) is 8.09. The molecule has 15 heavy (non-hydrogen) atoms. The molecule has 0 aliphatic rings. The highest BCUT2D eigenvalue weighted by molar-refractivity contribution is 5.41. The normalized spacial score (nSPS) is 10.1. The minimum absolute atomic E-state index is 0.177. The van der Waals surface area contributed by atoms with Crippen molar-refractivity contribution in [3.63, 3.8) is 0 Å². The SMILES string of the molecule is N#CC#Cc1cc(F)cc(C(F)(F)F)c1. The van der Waals surface area contributed by atoms with E-state index in [1.165, 1.54) is 6.07 Å². The van der Waals surface area contributed by atoms with Gasteiger partial charge in [0.1, 0.15) is 5.82 Å². The van der Waals surface area contributed by atoms with Crippen LogP contribution in [-0.4, -0.2) is 0 Å². The van der Waals surface area contributed by atoms with Crippen LogP contribution in [0.25, 0.3) is 0 Å². The van der Waals surface area contributed by atoms with Gasteiger partial charge >= 0.3 is 6.18 Å². The Labute approximate surface area is 82.9 Å². The first-order valence-electron chi connectivity index (χ1n) is 3.71. The van der Waals surface area contributed by atoms with Crippen molar-refractivity contribution in [3.8, 4) is 17.9 Å². The van der Waals surface area contributed by atoms with Crippen molar-refractivity contribution in [1.29, 1.82) is 5.26 Å². The van der Waals surface area contributed by atoms with Crippen LogP contribution in [0.1, 0.15) is 11.1 Å². The standard InChI is InChI=1S/C10H3F4N/c11-9-5-7(2-1-3-15)4-8(6-9)10(12,13)14/h4-6H. The first-order valence-corrected chi connectivity index (χ1v) is 3.71. The molecule has 0 heterocycles. The minimum Gasteiger partial charge on any atom is -0.207 e. The molecule has 1 aromatic rings. The van der Waals surface area contributed by atoms with Crippen molar-refractivity contribution < 1.29 is 17.6 Å². The number of hydrogen-bond acceptors (Lipinski definition) is 1. The van der Waals surface area contributed by atoms with E-state index in [1.54, 1.807) is 0 Å². The van der Waals surface area contributed by atoms with E-state index in [-0.39, 0.29) is 5.56 Å². The molecule has 1 nitrogen and oxygen atoms in total. The van der Waals surface area contributed by atoms with E-state index in [4.69, 9.17) is 5.26 Å². The van der Waals surface area contributed by atoms with Crippen LogP contribution in [0.15, 0.2) is 18.2 Å². The predicted octanol–water partition coefficient (Wildman–Crippen LogP) is 2.72. The number of benzene rings is 1. The molecule has 0 aliphatic carbocycles. The third kappa shape index (κ3) is 2.99. The molecular weight excluding hydrogens is 210 g/mol. The number of rotatable bonds is 0. The van der Waals surface area contributed by atoms with Gasteiger partial charge in [0, 0.05) is 11.5 Å². The van der Waals surface area contributed by atoms with Crippen LogP contribution in [0.5, 0.6) is 0 Å². The third-order valence-electron chi connectivity index (χ3n) is 1.49. The minimum atomic E-state index is -4.62. The highest BCUT2D eigenvalue weighted by Crippen LogP contribution is 2.30. The average molecular weight is 213 g/mol. The fourth-order valence-corrected chi connectivity index (χ4v) is 0.926. The van der Waals surface area contributed by atoms with Gasteiger partial charge in [-0.25, -0.2) is 4.39 Å². The molecule has 0 aliphatic heterocycles. The third-order valence-corrected chi connectivity index (χ3v) is 1.49. The van der Waals surface area contributed by atoms with Gasteiger partial charge in [-0.05, 0) is 18.2 Å². The smallest absolute Gasteiger partial charge is 0.207 e. The maximum absolute atomic E-state index is 12.7. The summed E-state index contributed by atoms with van der Waals surface area (Å²) in [6.07, 6.45) is -4.62. The second kappa shape index (κ2) is 4.02. The van der Waals surface area contributed by atoms with E-state index in [0.717, 1.165) is 6.07 Å². The predicted molar refractivity (Wildman–Crippen MR) is 43.9 cm³/mol. The summed E-state index contributed by atoms with van der Waals surface area (Å²) in [6.45, 7) is 0. The molecule has 0 atom stereocenters. The highest BCUT2D eigenvalue weighted by Gasteiger charge is 2.31. The van der Waals surface area contributed by atoms with Crippen molar-refractivity contribution in [2.24, 2.45) is 0 Å². The van der Waals surface area contributed by atoms with E-state index in [0.29, 0.717) is 12.1 Å². The lowest BCUT2D eigenvalue weighted by molar-refractivity contribution is -0.137. The average Bonchev–Trinajstić information content (AvgIpc) is 2.12. The van der Waals surface area contributed by atoms with Gasteiger partial charge in [-0.2, -0.15) is 18.4 Å². The summed E-state index contributed by atoms with van der Waals surface area (Å²) in [5.74, 6) is 2.95. The molecule has 0 amide bonds. The Balaban J connectivity index is 3.24. The summed E-state index contributed by atoms with van der Waals surface area (Å²) in [4.78, 5) is 0. The number of halogens is 4.